The first-order valence-electron chi connectivity index (χ1n) is 11.7. The Balaban J connectivity index is 1.78. The quantitative estimate of drug-likeness (QED) is 0.216. The highest BCUT2D eigenvalue weighted by Crippen LogP contribution is 2.36. The largest absolute Gasteiger partial charge is 0.496 e. The van der Waals surface area contributed by atoms with E-state index in [-0.39, 0.29) is 23.6 Å². The van der Waals surface area contributed by atoms with Gasteiger partial charge >= 0.3 is 11.9 Å². The molecule has 1 aromatic heterocycles. The van der Waals surface area contributed by atoms with Crippen molar-refractivity contribution in [3.63, 3.8) is 0 Å². The highest BCUT2D eigenvalue weighted by Gasteiger charge is 2.31. The monoisotopic (exact) mass is 530 g/mol. The van der Waals surface area contributed by atoms with Crippen LogP contribution in [0.1, 0.15) is 36.8 Å². The molecular weight excluding hydrogens is 504 g/mol. The van der Waals surface area contributed by atoms with E-state index in [1.54, 1.807) is 60.7 Å². The smallest absolute Gasteiger partial charge is 0.357 e. The van der Waals surface area contributed by atoms with E-state index in [0.29, 0.717) is 39.6 Å². The molecule has 0 radical (unpaired) electrons. The van der Waals surface area contributed by atoms with Crippen LogP contribution in [-0.4, -0.2) is 56.4 Å². The number of carbonyl (C=O) groups excluding carboxylic acids is 3. The van der Waals surface area contributed by atoms with Crippen molar-refractivity contribution in [1.29, 1.82) is 0 Å². The lowest BCUT2D eigenvalue weighted by molar-refractivity contribution is 0.0549. The van der Waals surface area contributed by atoms with Crippen LogP contribution in [0.2, 0.25) is 0 Å². The predicted molar refractivity (Wildman–Crippen MR) is 141 cm³/mol. The number of benzene rings is 3. The first-order chi connectivity index (χ1) is 18.9. The molecular formula is C29H26N2O8. The molecule has 0 aliphatic rings. The number of carbonyl (C=O) groups is 3. The highest BCUT2D eigenvalue weighted by atomic mass is 16.5. The second kappa shape index (κ2) is 12.0. The average Bonchev–Trinajstić information content (AvgIpc) is 3.40. The first kappa shape index (κ1) is 26.9. The Morgan fingerprint density at radius 3 is 2.15 bits per heavy atom. The molecule has 0 fully saturated rings. The summed E-state index contributed by atoms with van der Waals surface area (Å²) in [6.45, 7) is 0.100. The summed E-state index contributed by atoms with van der Waals surface area (Å²) in [5.74, 6) is -0.191. The molecule has 0 spiro atoms. The van der Waals surface area contributed by atoms with Crippen molar-refractivity contribution in [2.45, 2.75) is 6.61 Å². The van der Waals surface area contributed by atoms with E-state index in [2.05, 4.69) is 5.10 Å². The summed E-state index contributed by atoms with van der Waals surface area (Å²) in [4.78, 5) is 36.9. The SMILES string of the molecule is COC(=O)c1c(-c2ccc(OCc3cc(C=O)ccc3OC)c(OC)c2)nn(-c2ccccc2)c1C(=O)OC. The number of hydrogen-bond acceptors (Lipinski definition) is 9. The highest BCUT2D eigenvalue weighted by molar-refractivity contribution is 6.07. The maximum absolute atomic E-state index is 12.9. The van der Waals surface area contributed by atoms with E-state index in [1.807, 2.05) is 6.07 Å². The molecule has 4 rings (SSSR count). The topological polar surface area (TPSA) is 115 Å². The van der Waals surface area contributed by atoms with Crippen LogP contribution in [0.3, 0.4) is 0 Å². The molecule has 200 valence electrons. The zero-order chi connectivity index (χ0) is 27.9. The van der Waals surface area contributed by atoms with E-state index >= 15 is 0 Å². The number of aromatic nitrogens is 2. The van der Waals surface area contributed by atoms with Crippen molar-refractivity contribution in [1.82, 2.24) is 9.78 Å². The number of methoxy groups -OCH3 is 4. The number of rotatable bonds is 10. The Hall–Kier alpha value is -5.12. The van der Waals surface area contributed by atoms with Gasteiger partial charge in [0.1, 0.15) is 29.9 Å². The molecule has 0 unspecified atom stereocenters. The van der Waals surface area contributed by atoms with Gasteiger partial charge in [0.05, 0.1) is 34.1 Å². The molecule has 1 heterocycles. The van der Waals surface area contributed by atoms with Gasteiger partial charge in [-0.25, -0.2) is 14.3 Å². The van der Waals surface area contributed by atoms with Gasteiger partial charge in [-0.3, -0.25) is 4.79 Å². The van der Waals surface area contributed by atoms with Crippen LogP contribution in [0.15, 0.2) is 66.7 Å². The van der Waals surface area contributed by atoms with Crippen molar-refractivity contribution in [3.8, 4) is 34.2 Å². The molecule has 0 bridgehead atoms. The molecule has 0 saturated carbocycles. The number of ether oxygens (including phenoxy) is 5. The summed E-state index contributed by atoms with van der Waals surface area (Å²) >= 11 is 0. The second-order valence-corrected chi connectivity index (χ2v) is 8.15. The van der Waals surface area contributed by atoms with E-state index in [1.165, 1.54) is 33.1 Å². The fourth-order valence-electron chi connectivity index (χ4n) is 4.03. The molecule has 0 aliphatic heterocycles. The van der Waals surface area contributed by atoms with Crippen LogP contribution in [0.4, 0.5) is 0 Å². The lowest BCUT2D eigenvalue weighted by Crippen LogP contribution is -2.15. The zero-order valence-corrected chi connectivity index (χ0v) is 21.8. The normalized spacial score (nSPS) is 10.5. The van der Waals surface area contributed by atoms with E-state index in [0.717, 1.165) is 6.29 Å². The van der Waals surface area contributed by atoms with E-state index in [9.17, 15) is 14.4 Å². The number of aldehydes is 1. The third-order valence-electron chi connectivity index (χ3n) is 5.92. The van der Waals surface area contributed by atoms with E-state index < -0.39 is 11.9 Å². The summed E-state index contributed by atoms with van der Waals surface area (Å²) in [6.07, 6.45) is 0.744. The summed E-state index contributed by atoms with van der Waals surface area (Å²) < 4.78 is 28.2. The van der Waals surface area contributed by atoms with Gasteiger partial charge in [-0.15, -0.1) is 0 Å². The van der Waals surface area contributed by atoms with Crippen LogP contribution in [-0.2, 0) is 16.1 Å². The predicted octanol–water partition coefficient (Wildman–Crippen LogP) is 4.52. The Morgan fingerprint density at radius 2 is 1.51 bits per heavy atom. The van der Waals surface area contributed by atoms with Crippen LogP contribution in [0.5, 0.6) is 17.2 Å². The van der Waals surface area contributed by atoms with Crippen molar-refractivity contribution in [2.75, 3.05) is 28.4 Å². The zero-order valence-electron chi connectivity index (χ0n) is 21.8. The fourth-order valence-corrected chi connectivity index (χ4v) is 4.03. The average molecular weight is 531 g/mol. The van der Waals surface area contributed by atoms with Gasteiger partial charge in [0.15, 0.2) is 17.2 Å². The molecule has 4 aromatic rings. The Bertz CT molecular complexity index is 1510. The fraction of sp³-hybridized carbons (Fsp3) is 0.172. The summed E-state index contributed by atoms with van der Waals surface area (Å²) in [5, 5.41) is 4.60. The van der Waals surface area contributed by atoms with Gasteiger partial charge in [0, 0.05) is 16.7 Å². The molecule has 10 nitrogen and oxygen atoms in total. The maximum atomic E-state index is 12.9. The molecule has 0 amide bonds. The molecule has 0 atom stereocenters. The van der Waals surface area contributed by atoms with Crippen molar-refractivity contribution in [3.05, 3.63) is 89.1 Å². The third-order valence-corrected chi connectivity index (χ3v) is 5.92. The summed E-state index contributed by atoms with van der Waals surface area (Å²) in [5.41, 5.74) is 2.24. The molecule has 39 heavy (non-hydrogen) atoms. The van der Waals surface area contributed by atoms with Crippen LogP contribution in [0.25, 0.3) is 16.9 Å². The van der Waals surface area contributed by atoms with Gasteiger partial charge < -0.3 is 23.7 Å². The van der Waals surface area contributed by atoms with Crippen LogP contribution in [0, 0.1) is 0 Å². The lowest BCUT2D eigenvalue weighted by Gasteiger charge is -2.14. The molecule has 0 aliphatic carbocycles. The molecule has 10 heteroatoms. The minimum Gasteiger partial charge on any atom is -0.496 e. The minimum atomic E-state index is -0.756. The molecule has 0 N–H and O–H groups in total. The first-order valence-corrected chi connectivity index (χ1v) is 11.7. The lowest BCUT2D eigenvalue weighted by atomic mass is 10.0. The third kappa shape index (κ3) is 5.45. The van der Waals surface area contributed by atoms with Crippen molar-refractivity contribution in [2.24, 2.45) is 0 Å². The van der Waals surface area contributed by atoms with Crippen molar-refractivity contribution >= 4 is 18.2 Å². The molecule has 0 saturated heterocycles. The standard InChI is InChI=1S/C29H26N2O8/c1-35-22-12-10-18(16-32)14-20(22)17-39-23-13-11-19(15-24(23)36-2)26-25(28(33)37-3)27(29(34)38-4)31(30-26)21-8-6-5-7-9-21/h5-16H,17H2,1-4H3. The van der Waals surface area contributed by atoms with Gasteiger partial charge in [0.25, 0.3) is 0 Å². The Kier molecular flexibility index (Phi) is 8.25. The number of nitrogens with zero attached hydrogens (tertiary/aromatic N) is 2. The molecule has 3 aromatic carbocycles. The number of hydrogen-bond donors (Lipinski definition) is 0. The Morgan fingerprint density at radius 1 is 0.821 bits per heavy atom. The summed E-state index contributed by atoms with van der Waals surface area (Å²) in [7, 11) is 5.45. The maximum Gasteiger partial charge on any atom is 0.357 e. The number of esters is 2. The Labute approximate surface area is 224 Å². The number of para-hydroxylation sites is 1. The van der Waals surface area contributed by atoms with Gasteiger partial charge in [-0.1, -0.05) is 18.2 Å². The summed E-state index contributed by atoms with van der Waals surface area (Å²) in [6, 6.07) is 18.9. The van der Waals surface area contributed by atoms with E-state index in [4.69, 9.17) is 23.7 Å². The minimum absolute atomic E-state index is 0.0562. The van der Waals surface area contributed by atoms with Gasteiger partial charge in [0.2, 0.25) is 0 Å². The van der Waals surface area contributed by atoms with Gasteiger partial charge in [-0.2, -0.15) is 5.10 Å². The van der Waals surface area contributed by atoms with Crippen LogP contribution >= 0.6 is 0 Å². The van der Waals surface area contributed by atoms with Crippen LogP contribution < -0.4 is 14.2 Å². The van der Waals surface area contributed by atoms with Crippen molar-refractivity contribution < 1.29 is 38.1 Å². The van der Waals surface area contributed by atoms with Gasteiger partial charge in [-0.05, 0) is 48.5 Å². The second-order valence-electron chi connectivity index (χ2n) is 8.15.